The standard InChI is InChI=1S/C7H14N2O2S/c1-4-5(2)12(10,11)6(3)7(8)9-4/h4-6H,1-3H3,(H2,8,9). The van der Waals surface area contributed by atoms with Crippen molar-refractivity contribution < 1.29 is 8.42 Å². The summed E-state index contributed by atoms with van der Waals surface area (Å²) < 4.78 is 23.1. The van der Waals surface area contributed by atoms with E-state index in [0.29, 0.717) is 0 Å². The normalized spacial score (nSPS) is 40.6. The molecule has 1 aliphatic heterocycles. The molecule has 12 heavy (non-hydrogen) atoms. The summed E-state index contributed by atoms with van der Waals surface area (Å²) in [5, 5.41) is -1.04. The zero-order chi connectivity index (χ0) is 9.52. The van der Waals surface area contributed by atoms with Crippen molar-refractivity contribution in [2.24, 2.45) is 10.7 Å². The molecule has 3 unspecified atom stereocenters. The highest BCUT2D eigenvalue weighted by Gasteiger charge is 2.37. The van der Waals surface area contributed by atoms with Crippen molar-refractivity contribution in [2.45, 2.75) is 37.3 Å². The number of sulfone groups is 1. The highest BCUT2D eigenvalue weighted by atomic mass is 32.2. The Labute approximate surface area is 72.8 Å². The fourth-order valence-electron chi connectivity index (χ4n) is 1.21. The molecule has 70 valence electrons. The highest BCUT2D eigenvalue weighted by molar-refractivity contribution is 7.93. The Hall–Kier alpha value is -0.580. The summed E-state index contributed by atoms with van der Waals surface area (Å²) in [4.78, 5) is 4.06. The van der Waals surface area contributed by atoms with E-state index in [-0.39, 0.29) is 11.9 Å². The van der Waals surface area contributed by atoms with Crippen LogP contribution in [-0.4, -0.2) is 30.8 Å². The van der Waals surface area contributed by atoms with Crippen molar-refractivity contribution in [2.75, 3.05) is 0 Å². The summed E-state index contributed by atoms with van der Waals surface area (Å²) in [5.41, 5.74) is 5.48. The summed E-state index contributed by atoms with van der Waals surface area (Å²) in [7, 11) is -3.09. The smallest absolute Gasteiger partial charge is 0.164 e. The van der Waals surface area contributed by atoms with Gasteiger partial charge in [-0.25, -0.2) is 8.42 Å². The third kappa shape index (κ3) is 1.22. The minimum atomic E-state index is -3.09. The van der Waals surface area contributed by atoms with E-state index in [1.165, 1.54) is 0 Å². The van der Waals surface area contributed by atoms with Gasteiger partial charge in [0.05, 0.1) is 11.3 Å². The fourth-order valence-corrected chi connectivity index (χ4v) is 2.86. The Morgan fingerprint density at radius 3 is 2.33 bits per heavy atom. The van der Waals surface area contributed by atoms with Gasteiger partial charge in [0.1, 0.15) is 11.1 Å². The van der Waals surface area contributed by atoms with Crippen LogP contribution in [0.4, 0.5) is 0 Å². The molecule has 3 atom stereocenters. The van der Waals surface area contributed by atoms with Crippen LogP contribution < -0.4 is 5.73 Å². The lowest BCUT2D eigenvalue weighted by atomic mass is 10.2. The van der Waals surface area contributed by atoms with Gasteiger partial charge in [0, 0.05) is 0 Å². The van der Waals surface area contributed by atoms with E-state index in [1.54, 1.807) is 20.8 Å². The third-order valence-electron chi connectivity index (χ3n) is 2.46. The largest absolute Gasteiger partial charge is 0.386 e. The van der Waals surface area contributed by atoms with Crippen molar-refractivity contribution in [3.05, 3.63) is 0 Å². The van der Waals surface area contributed by atoms with Gasteiger partial charge in [0.2, 0.25) is 0 Å². The van der Waals surface area contributed by atoms with E-state index in [2.05, 4.69) is 4.99 Å². The number of aliphatic imine (C=N–C) groups is 1. The number of amidine groups is 1. The average Bonchev–Trinajstić information content (AvgIpc) is 1.99. The van der Waals surface area contributed by atoms with Crippen LogP contribution in [0.1, 0.15) is 20.8 Å². The lowest BCUT2D eigenvalue weighted by molar-refractivity contribution is 0.558. The Morgan fingerprint density at radius 2 is 1.83 bits per heavy atom. The fraction of sp³-hybridized carbons (Fsp3) is 0.857. The maximum atomic E-state index is 11.6. The van der Waals surface area contributed by atoms with Gasteiger partial charge in [-0.15, -0.1) is 0 Å². The van der Waals surface area contributed by atoms with E-state index in [1.807, 2.05) is 0 Å². The van der Waals surface area contributed by atoms with Crippen molar-refractivity contribution in [3.8, 4) is 0 Å². The van der Waals surface area contributed by atoms with Crippen molar-refractivity contribution in [3.63, 3.8) is 0 Å². The molecule has 0 amide bonds. The topological polar surface area (TPSA) is 72.5 Å². The molecule has 1 aliphatic rings. The molecule has 2 N–H and O–H groups in total. The minimum absolute atomic E-state index is 0.216. The summed E-state index contributed by atoms with van der Waals surface area (Å²) >= 11 is 0. The van der Waals surface area contributed by atoms with Gasteiger partial charge in [-0.1, -0.05) is 0 Å². The van der Waals surface area contributed by atoms with E-state index in [0.717, 1.165) is 0 Å². The van der Waals surface area contributed by atoms with Crippen molar-refractivity contribution >= 4 is 15.7 Å². The van der Waals surface area contributed by atoms with E-state index < -0.39 is 20.3 Å². The molecule has 0 aromatic carbocycles. The Morgan fingerprint density at radius 1 is 1.33 bits per heavy atom. The zero-order valence-corrected chi connectivity index (χ0v) is 8.30. The van der Waals surface area contributed by atoms with E-state index >= 15 is 0 Å². The molecule has 0 spiro atoms. The molecule has 1 rings (SSSR count). The van der Waals surface area contributed by atoms with Crippen LogP contribution in [0.15, 0.2) is 4.99 Å². The Bertz CT molecular complexity index is 307. The first kappa shape index (κ1) is 9.51. The number of nitrogens with zero attached hydrogens (tertiary/aromatic N) is 1. The van der Waals surface area contributed by atoms with E-state index in [9.17, 15) is 8.42 Å². The van der Waals surface area contributed by atoms with Crippen molar-refractivity contribution in [1.29, 1.82) is 0 Å². The Balaban J connectivity index is 3.18. The predicted octanol–water partition coefficient (Wildman–Crippen LogP) is -0.0625. The van der Waals surface area contributed by atoms with Gasteiger partial charge >= 0.3 is 0 Å². The quantitative estimate of drug-likeness (QED) is 0.581. The predicted molar refractivity (Wildman–Crippen MR) is 48.9 cm³/mol. The number of hydrogen-bond donors (Lipinski definition) is 1. The molecule has 0 aliphatic carbocycles. The van der Waals surface area contributed by atoms with Gasteiger partial charge in [0.25, 0.3) is 0 Å². The molecular formula is C7H14N2O2S. The first-order valence-electron chi connectivity index (χ1n) is 3.93. The second-order valence-electron chi connectivity index (χ2n) is 3.23. The number of nitrogens with two attached hydrogens (primary N) is 1. The van der Waals surface area contributed by atoms with Crippen LogP contribution in [0.2, 0.25) is 0 Å². The first-order chi connectivity index (χ1) is 5.37. The van der Waals surface area contributed by atoms with Crippen LogP contribution in [0.25, 0.3) is 0 Å². The van der Waals surface area contributed by atoms with Crippen molar-refractivity contribution in [1.82, 2.24) is 0 Å². The van der Waals surface area contributed by atoms with Gasteiger partial charge in [-0.2, -0.15) is 0 Å². The monoisotopic (exact) mass is 190 g/mol. The molecule has 0 bridgehead atoms. The Kier molecular flexibility index (Phi) is 2.16. The average molecular weight is 190 g/mol. The second kappa shape index (κ2) is 2.73. The molecule has 4 nitrogen and oxygen atoms in total. The van der Waals surface area contributed by atoms with Gasteiger partial charge in [0.15, 0.2) is 9.84 Å². The molecule has 0 aromatic rings. The molecular weight excluding hydrogens is 176 g/mol. The highest BCUT2D eigenvalue weighted by Crippen LogP contribution is 2.20. The maximum Gasteiger partial charge on any atom is 0.164 e. The summed E-state index contributed by atoms with van der Waals surface area (Å²) in [5.74, 6) is 0.237. The SMILES string of the molecule is CC1N=C(N)C(C)S(=O)(=O)C1C. The molecule has 0 radical (unpaired) electrons. The van der Waals surface area contributed by atoms with Gasteiger partial charge in [-0.05, 0) is 20.8 Å². The molecule has 1 heterocycles. The van der Waals surface area contributed by atoms with Crippen LogP contribution in [0.3, 0.4) is 0 Å². The molecule has 0 saturated heterocycles. The molecule has 0 aromatic heterocycles. The summed E-state index contributed by atoms with van der Waals surface area (Å²) in [6, 6.07) is -0.216. The number of hydrogen-bond acceptors (Lipinski definition) is 4. The lowest BCUT2D eigenvalue weighted by Crippen LogP contribution is -2.47. The minimum Gasteiger partial charge on any atom is -0.386 e. The zero-order valence-electron chi connectivity index (χ0n) is 7.48. The first-order valence-corrected chi connectivity index (χ1v) is 5.54. The number of rotatable bonds is 0. The lowest BCUT2D eigenvalue weighted by Gasteiger charge is -2.27. The summed E-state index contributed by atoms with van der Waals surface area (Å²) in [6.07, 6.45) is 0. The molecule has 0 saturated carbocycles. The maximum absolute atomic E-state index is 11.6. The van der Waals surface area contributed by atoms with Crippen LogP contribution in [-0.2, 0) is 9.84 Å². The van der Waals surface area contributed by atoms with E-state index in [4.69, 9.17) is 5.73 Å². The van der Waals surface area contributed by atoms with Gasteiger partial charge < -0.3 is 5.73 Å². The second-order valence-corrected chi connectivity index (χ2v) is 5.86. The van der Waals surface area contributed by atoms with Crippen LogP contribution in [0, 0.1) is 0 Å². The van der Waals surface area contributed by atoms with Crippen LogP contribution in [0.5, 0.6) is 0 Å². The molecule has 0 fully saturated rings. The van der Waals surface area contributed by atoms with Crippen LogP contribution >= 0.6 is 0 Å². The van der Waals surface area contributed by atoms with Gasteiger partial charge in [-0.3, -0.25) is 4.99 Å². The summed E-state index contributed by atoms with van der Waals surface area (Å²) in [6.45, 7) is 5.02. The third-order valence-corrected chi connectivity index (χ3v) is 5.12. The molecule has 5 heteroatoms.